The van der Waals surface area contributed by atoms with Gasteiger partial charge in [-0.3, -0.25) is 0 Å². The van der Waals surface area contributed by atoms with Crippen LogP contribution in [0.3, 0.4) is 0 Å². The maximum Gasteiger partial charge on any atom is 0.248 e. The molecular formula is C10H9Cl3N2O2. The first kappa shape index (κ1) is 12.6. The Kier molecular flexibility index (Phi) is 3.30. The summed E-state index contributed by atoms with van der Waals surface area (Å²) in [5.74, 6) is 1.41. The monoisotopic (exact) mass is 294 g/mol. The number of hydrogen-bond acceptors (Lipinski definition) is 3. The van der Waals surface area contributed by atoms with Crippen LogP contribution in [-0.2, 0) is 3.79 Å². The predicted molar refractivity (Wildman–Crippen MR) is 68.4 cm³/mol. The van der Waals surface area contributed by atoms with Crippen LogP contribution in [0.25, 0.3) is 11.0 Å². The lowest BCUT2D eigenvalue weighted by atomic mass is 10.3. The Morgan fingerprint density at radius 2 is 1.71 bits per heavy atom. The predicted octanol–water partition coefficient (Wildman–Crippen LogP) is 3.41. The second kappa shape index (κ2) is 4.44. The molecule has 0 amide bonds. The number of methoxy groups -OCH3 is 2. The molecule has 0 aliphatic carbocycles. The fraction of sp³-hybridized carbons (Fsp3) is 0.300. The lowest BCUT2D eigenvalue weighted by Crippen LogP contribution is -2.01. The van der Waals surface area contributed by atoms with E-state index in [-0.39, 0.29) is 5.82 Å². The van der Waals surface area contributed by atoms with Crippen molar-refractivity contribution in [1.82, 2.24) is 9.97 Å². The average molecular weight is 296 g/mol. The van der Waals surface area contributed by atoms with Crippen LogP contribution < -0.4 is 9.47 Å². The smallest absolute Gasteiger partial charge is 0.248 e. The van der Waals surface area contributed by atoms with E-state index in [2.05, 4.69) is 9.97 Å². The number of aromatic nitrogens is 2. The minimum absolute atomic E-state index is 0.257. The van der Waals surface area contributed by atoms with Gasteiger partial charge in [0, 0.05) is 12.1 Å². The van der Waals surface area contributed by atoms with E-state index in [9.17, 15) is 0 Å². The third-order valence-corrected chi connectivity index (χ3v) is 2.79. The molecule has 0 bridgehead atoms. The molecule has 1 heterocycles. The molecule has 0 atom stereocenters. The van der Waals surface area contributed by atoms with Crippen LogP contribution in [0.4, 0.5) is 0 Å². The molecule has 0 saturated heterocycles. The van der Waals surface area contributed by atoms with Crippen molar-refractivity contribution in [2.24, 2.45) is 0 Å². The average Bonchev–Trinajstić information content (AvgIpc) is 2.69. The van der Waals surface area contributed by atoms with Crippen molar-refractivity contribution >= 4 is 45.8 Å². The highest BCUT2D eigenvalue weighted by Gasteiger charge is 2.27. The third kappa shape index (κ3) is 2.39. The fourth-order valence-electron chi connectivity index (χ4n) is 1.47. The third-order valence-electron chi connectivity index (χ3n) is 2.26. The summed E-state index contributed by atoms with van der Waals surface area (Å²) in [4.78, 5) is 7.10. The topological polar surface area (TPSA) is 47.1 Å². The molecule has 1 N–H and O–H groups in total. The summed E-state index contributed by atoms with van der Waals surface area (Å²) in [6.45, 7) is 0. The van der Waals surface area contributed by atoms with Crippen molar-refractivity contribution in [3.63, 3.8) is 0 Å². The second-order valence-corrected chi connectivity index (χ2v) is 5.59. The number of rotatable bonds is 2. The first-order valence-electron chi connectivity index (χ1n) is 4.64. The van der Waals surface area contributed by atoms with Crippen molar-refractivity contribution in [3.05, 3.63) is 18.0 Å². The summed E-state index contributed by atoms with van der Waals surface area (Å²) in [5, 5.41) is 0. The van der Waals surface area contributed by atoms with Gasteiger partial charge in [0.25, 0.3) is 0 Å². The lowest BCUT2D eigenvalue weighted by Gasteiger charge is -2.06. The van der Waals surface area contributed by atoms with Crippen LogP contribution in [0, 0.1) is 0 Å². The standard InChI is InChI=1S/C10H9Cl3N2O2/c1-16-7-3-5-6(4-8(7)17-2)15-9(14-5)10(11,12)13/h3-4H,1-2H3,(H,14,15). The van der Waals surface area contributed by atoms with Crippen molar-refractivity contribution < 1.29 is 9.47 Å². The summed E-state index contributed by atoms with van der Waals surface area (Å²) in [5.41, 5.74) is 1.35. The normalized spacial score (nSPS) is 11.8. The number of imidazole rings is 1. The number of benzene rings is 1. The molecule has 92 valence electrons. The Labute approximate surface area is 113 Å². The van der Waals surface area contributed by atoms with Crippen LogP contribution in [-0.4, -0.2) is 24.2 Å². The van der Waals surface area contributed by atoms with Gasteiger partial charge in [0.2, 0.25) is 3.79 Å². The zero-order chi connectivity index (χ0) is 12.6. The van der Waals surface area contributed by atoms with Gasteiger partial charge in [-0.25, -0.2) is 4.98 Å². The Bertz CT molecular complexity index is 507. The molecule has 0 radical (unpaired) electrons. The summed E-state index contributed by atoms with van der Waals surface area (Å²) >= 11 is 17.3. The highest BCUT2D eigenvalue weighted by molar-refractivity contribution is 6.66. The van der Waals surface area contributed by atoms with E-state index in [1.165, 1.54) is 0 Å². The summed E-state index contributed by atoms with van der Waals surface area (Å²) in [7, 11) is 3.10. The van der Waals surface area contributed by atoms with E-state index in [4.69, 9.17) is 44.3 Å². The molecule has 4 nitrogen and oxygen atoms in total. The van der Waals surface area contributed by atoms with Gasteiger partial charge in [-0.1, -0.05) is 34.8 Å². The molecule has 0 unspecified atom stereocenters. The highest BCUT2D eigenvalue weighted by Crippen LogP contribution is 2.38. The van der Waals surface area contributed by atoms with Crippen LogP contribution in [0.1, 0.15) is 5.82 Å². The van der Waals surface area contributed by atoms with E-state index in [1.807, 2.05) is 0 Å². The summed E-state index contributed by atoms with van der Waals surface area (Å²) in [6.07, 6.45) is 0. The van der Waals surface area contributed by atoms with Crippen molar-refractivity contribution in [2.45, 2.75) is 3.79 Å². The van der Waals surface area contributed by atoms with Crippen LogP contribution >= 0.6 is 34.8 Å². The number of H-pyrrole nitrogens is 1. The SMILES string of the molecule is COc1cc2nc(C(Cl)(Cl)Cl)[nH]c2cc1OC. The van der Waals surface area contributed by atoms with Gasteiger partial charge in [-0.15, -0.1) is 0 Å². The molecule has 0 spiro atoms. The maximum atomic E-state index is 5.75. The lowest BCUT2D eigenvalue weighted by molar-refractivity contribution is 0.356. The van der Waals surface area contributed by atoms with Gasteiger partial charge >= 0.3 is 0 Å². The number of aromatic amines is 1. The number of nitrogens with one attached hydrogen (secondary N) is 1. The Morgan fingerprint density at radius 3 is 2.24 bits per heavy atom. The minimum atomic E-state index is -1.58. The Hall–Kier alpha value is -0.840. The molecule has 0 fully saturated rings. The maximum absolute atomic E-state index is 5.75. The molecule has 2 aromatic rings. The van der Waals surface area contributed by atoms with Gasteiger partial charge in [0.05, 0.1) is 25.3 Å². The fourth-order valence-corrected chi connectivity index (χ4v) is 1.74. The Balaban J connectivity index is 2.61. The van der Waals surface area contributed by atoms with Gasteiger partial charge in [0.1, 0.15) is 0 Å². The summed E-state index contributed by atoms with van der Waals surface area (Å²) < 4.78 is 8.74. The van der Waals surface area contributed by atoms with E-state index in [0.717, 1.165) is 0 Å². The van der Waals surface area contributed by atoms with Gasteiger partial charge in [-0.05, 0) is 0 Å². The molecule has 0 saturated carbocycles. The number of fused-ring (bicyclic) bond motifs is 1. The molecule has 1 aromatic carbocycles. The summed E-state index contributed by atoms with van der Waals surface area (Å²) in [6, 6.07) is 3.45. The van der Waals surface area contributed by atoms with Gasteiger partial charge in [0.15, 0.2) is 17.3 Å². The minimum Gasteiger partial charge on any atom is -0.493 e. The van der Waals surface area contributed by atoms with Crippen molar-refractivity contribution in [1.29, 1.82) is 0 Å². The van der Waals surface area contributed by atoms with Gasteiger partial charge < -0.3 is 14.5 Å². The number of nitrogens with zero attached hydrogens (tertiary/aromatic N) is 1. The first-order chi connectivity index (χ1) is 7.95. The molecule has 17 heavy (non-hydrogen) atoms. The number of halogens is 3. The largest absolute Gasteiger partial charge is 0.493 e. The Morgan fingerprint density at radius 1 is 1.12 bits per heavy atom. The quantitative estimate of drug-likeness (QED) is 0.864. The van der Waals surface area contributed by atoms with Crippen LogP contribution in [0.5, 0.6) is 11.5 Å². The highest BCUT2D eigenvalue weighted by atomic mass is 35.6. The van der Waals surface area contributed by atoms with Crippen molar-refractivity contribution in [3.8, 4) is 11.5 Å². The van der Waals surface area contributed by atoms with E-state index < -0.39 is 3.79 Å². The van der Waals surface area contributed by atoms with Crippen molar-refractivity contribution in [2.75, 3.05) is 14.2 Å². The molecule has 0 aliphatic heterocycles. The molecular weight excluding hydrogens is 286 g/mol. The zero-order valence-corrected chi connectivity index (χ0v) is 11.3. The number of alkyl halides is 3. The first-order valence-corrected chi connectivity index (χ1v) is 5.78. The second-order valence-electron chi connectivity index (χ2n) is 3.31. The molecule has 1 aromatic heterocycles. The molecule has 0 aliphatic rings. The van der Waals surface area contributed by atoms with Crippen LogP contribution in [0.15, 0.2) is 12.1 Å². The molecule has 7 heteroatoms. The molecule has 2 rings (SSSR count). The van der Waals surface area contributed by atoms with E-state index >= 15 is 0 Å². The number of hydrogen-bond donors (Lipinski definition) is 1. The van der Waals surface area contributed by atoms with Gasteiger partial charge in [-0.2, -0.15) is 0 Å². The van der Waals surface area contributed by atoms with Crippen LogP contribution in [0.2, 0.25) is 0 Å². The number of ether oxygens (including phenoxy) is 2. The zero-order valence-electron chi connectivity index (χ0n) is 9.05. The van der Waals surface area contributed by atoms with E-state index in [0.29, 0.717) is 22.5 Å². The van der Waals surface area contributed by atoms with E-state index in [1.54, 1.807) is 26.4 Å².